The van der Waals surface area contributed by atoms with Gasteiger partial charge in [0.2, 0.25) is 0 Å². The molecule has 3 atom stereocenters. The summed E-state index contributed by atoms with van der Waals surface area (Å²) in [5, 5.41) is 0. The zero-order chi connectivity index (χ0) is 18.1. The normalized spacial score (nSPS) is 25.7. The first-order chi connectivity index (χ1) is 12.1. The quantitative estimate of drug-likeness (QED) is 0.533. The van der Waals surface area contributed by atoms with E-state index in [4.69, 9.17) is 23.7 Å². The van der Waals surface area contributed by atoms with E-state index in [2.05, 4.69) is 6.08 Å². The molecule has 0 radical (unpaired) electrons. The average Bonchev–Trinajstić information content (AvgIpc) is 2.62. The van der Waals surface area contributed by atoms with Gasteiger partial charge in [-0.25, -0.2) is 9.59 Å². The van der Waals surface area contributed by atoms with Gasteiger partial charge < -0.3 is 23.7 Å². The first kappa shape index (κ1) is 19.3. The van der Waals surface area contributed by atoms with E-state index in [1.165, 1.54) is 12.0 Å². The molecule has 0 saturated heterocycles. The molecule has 0 bridgehead atoms. The van der Waals surface area contributed by atoms with Crippen LogP contribution in [0, 0.1) is 0 Å². The largest absolute Gasteiger partial charge is 0.508 e. The summed E-state index contributed by atoms with van der Waals surface area (Å²) in [5.41, 5.74) is 1.21. The predicted molar refractivity (Wildman–Crippen MR) is 89.2 cm³/mol. The zero-order valence-corrected chi connectivity index (χ0v) is 14.8. The van der Waals surface area contributed by atoms with E-state index in [9.17, 15) is 9.59 Å². The number of hydrogen-bond acceptors (Lipinski definition) is 7. The molecule has 2 aliphatic rings. The van der Waals surface area contributed by atoms with Gasteiger partial charge in [0.15, 0.2) is 6.10 Å². The van der Waals surface area contributed by atoms with Crippen molar-refractivity contribution in [3.05, 3.63) is 23.8 Å². The lowest BCUT2D eigenvalue weighted by Crippen LogP contribution is -2.42. The van der Waals surface area contributed by atoms with E-state index < -0.39 is 24.5 Å². The predicted octanol–water partition coefficient (Wildman–Crippen LogP) is 3.53. The maximum atomic E-state index is 11.6. The fourth-order valence-electron chi connectivity index (χ4n) is 2.80. The van der Waals surface area contributed by atoms with Gasteiger partial charge in [-0.15, -0.1) is 0 Å². The smallest absolute Gasteiger partial charge is 0.435 e. The third kappa shape index (κ3) is 6.08. The molecule has 0 unspecified atom stereocenters. The summed E-state index contributed by atoms with van der Waals surface area (Å²) in [4.78, 5) is 23.0. The lowest BCUT2D eigenvalue weighted by atomic mass is 9.93. The van der Waals surface area contributed by atoms with E-state index in [1.807, 2.05) is 6.08 Å². The number of allylic oxidation sites excluding steroid dienone is 1. The van der Waals surface area contributed by atoms with Crippen LogP contribution in [-0.2, 0) is 23.7 Å². The van der Waals surface area contributed by atoms with Gasteiger partial charge in [0.25, 0.3) is 0 Å². The topological polar surface area (TPSA) is 80.3 Å². The summed E-state index contributed by atoms with van der Waals surface area (Å²) in [5.74, 6) is 0. The Hall–Kier alpha value is -2.02. The lowest BCUT2D eigenvalue weighted by Gasteiger charge is -2.33. The molecule has 25 heavy (non-hydrogen) atoms. The van der Waals surface area contributed by atoms with Crippen LogP contribution in [0.2, 0.25) is 0 Å². The molecule has 0 aromatic rings. The van der Waals surface area contributed by atoms with Gasteiger partial charge in [-0.05, 0) is 51.2 Å². The molecule has 7 nitrogen and oxygen atoms in total. The molecule has 0 spiro atoms. The summed E-state index contributed by atoms with van der Waals surface area (Å²) in [6.07, 6.45) is 7.10. The molecule has 2 rings (SSSR count). The van der Waals surface area contributed by atoms with Crippen LogP contribution in [0.4, 0.5) is 9.59 Å². The molecule has 0 fully saturated rings. The van der Waals surface area contributed by atoms with Crippen molar-refractivity contribution in [1.82, 2.24) is 0 Å². The number of ether oxygens (including phenoxy) is 5. The van der Waals surface area contributed by atoms with Gasteiger partial charge in [0.05, 0.1) is 19.3 Å². The molecule has 0 N–H and O–H groups in total. The Morgan fingerprint density at radius 2 is 1.84 bits per heavy atom. The van der Waals surface area contributed by atoms with Crippen molar-refractivity contribution in [3.8, 4) is 0 Å². The van der Waals surface area contributed by atoms with E-state index in [0.29, 0.717) is 0 Å². The Kier molecular flexibility index (Phi) is 7.78. The highest BCUT2D eigenvalue weighted by atomic mass is 16.7. The highest BCUT2D eigenvalue weighted by Crippen LogP contribution is 2.28. The van der Waals surface area contributed by atoms with E-state index in [1.54, 1.807) is 19.9 Å². The third-order valence-electron chi connectivity index (χ3n) is 3.98. The second-order valence-corrected chi connectivity index (χ2v) is 5.76. The van der Waals surface area contributed by atoms with Crippen LogP contribution in [0.3, 0.4) is 0 Å². The average molecular weight is 354 g/mol. The van der Waals surface area contributed by atoms with Crippen LogP contribution < -0.4 is 0 Å². The fourth-order valence-corrected chi connectivity index (χ4v) is 2.80. The van der Waals surface area contributed by atoms with Gasteiger partial charge >= 0.3 is 12.3 Å². The SMILES string of the molecule is CCOC(=O)OC[C@H]1O[C@H](C2=CCCCC2)C=C[C@H]1OC(=O)OCC. The van der Waals surface area contributed by atoms with Crippen molar-refractivity contribution >= 4 is 12.3 Å². The minimum Gasteiger partial charge on any atom is -0.435 e. The first-order valence-corrected chi connectivity index (χ1v) is 8.79. The van der Waals surface area contributed by atoms with Crippen LogP contribution in [0.1, 0.15) is 39.5 Å². The van der Waals surface area contributed by atoms with Gasteiger partial charge in [-0.1, -0.05) is 12.2 Å². The van der Waals surface area contributed by atoms with Crippen molar-refractivity contribution in [3.63, 3.8) is 0 Å². The van der Waals surface area contributed by atoms with Crippen LogP contribution in [0.5, 0.6) is 0 Å². The minimum absolute atomic E-state index is 0.0724. The number of carbonyl (C=O) groups excluding carboxylic acids is 2. The van der Waals surface area contributed by atoms with Crippen molar-refractivity contribution in [1.29, 1.82) is 0 Å². The Bertz CT molecular complexity index is 512. The Labute approximate surface area is 147 Å². The monoisotopic (exact) mass is 354 g/mol. The van der Waals surface area contributed by atoms with Crippen LogP contribution in [0.25, 0.3) is 0 Å². The molecule has 0 aromatic carbocycles. The van der Waals surface area contributed by atoms with Gasteiger partial charge in [-0.3, -0.25) is 0 Å². The van der Waals surface area contributed by atoms with Crippen molar-refractivity contribution < 1.29 is 33.3 Å². The number of rotatable bonds is 6. The molecule has 1 heterocycles. The zero-order valence-electron chi connectivity index (χ0n) is 14.8. The number of carbonyl (C=O) groups is 2. The lowest BCUT2D eigenvalue weighted by molar-refractivity contribution is -0.0912. The fraction of sp³-hybridized carbons (Fsp3) is 0.667. The molecular formula is C18H26O7. The summed E-state index contributed by atoms with van der Waals surface area (Å²) < 4.78 is 25.9. The van der Waals surface area contributed by atoms with Gasteiger partial charge in [-0.2, -0.15) is 0 Å². The Morgan fingerprint density at radius 3 is 2.52 bits per heavy atom. The first-order valence-electron chi connectivity index (χ1n) is 8.79. The Morgan fingerprint density at radius 1 is 1.08 bits per heavy atom. The summed E-state index contributed by atoms with van der Waals surface area (Å²) >= 11 is 0. The van der Waals surface area contributed by atoms with E-state index in [-0.39, 0.29) is 25.9 Å². The van der Waals surface area contributed by atoms with Crippen molar-refractivity contribution in [2.45, 2.75) is 57.8 Å². The maximum Gasteiger partial charge on any atom is 0.508 e. The molecule has 0 aromatic heterocycles. The second kappa shape index (κ2) is 10.1. The third-order valence-corrected chi connectivity index (χ3v) is 3.98. The molecule has 0 amide bonds. The van der Waals surface area contributed by atoms with Crippen LogP contribution in [0.15, 0.2) is 23.8 Å². The molecule has 7 heteroatoms. The molecule has 0 saturated carbocycles. The van der Waals surface area contributed by atoms with E-state index in [0.717, 1.165) is 19.3 Å². The molecule has 1 aliphatic heterocycles. The maximum absolute atomic E-state index is 11.6. The standard InChI is InChI=1S/C18H26O7/c1-3-21-17(19)23-12-16-15(25-18(20)22-4-2)11-10-14(24-16)13-8-6-5-7-9-13/h8,10-11,14-16H,3-7,9,12H2,1-2H3/t14-,15+,16+/m0/s1. The summed E-state index contributed by atoms with van der Waals surface area (Å²) in [7, 11) is 0. The van der Waals surface area contributed by atoms with Crippen LogP contribution >= 0.6 is 0 Å². The van der Waals surface area contributed by atoms with Gasteiger partial charge in [0, 0.05) is 0 Å². The van der Waals surface area contributed by atoms with Crippen molar-refractivity contribution in [2.75, 3.05) is 19.8 Å². The summed E-state index contributed by atoms with van der Waals surface area (Å²) in [6.45, 7) is 3.76. The van der Waals surface area contributed by atoms with Gasteiger partial charge in [0.1, 0.15) is 12.7 Å². The minimum atomic E-state index is -0.780. The molecular weight excluding hydrogens is 328 g/mol. The Balaban J connectivity index is 2.02. The second-order valence-electron chi connectivity index (χ2n) is 5.76. The van der Waals surface area contributed by atoms with Crippen molar-refractivity contribution in [2.24, 2.45) is 0 Å². The molecule has 140 valence electrons. The molecule has 1 aliphatic carbocycles. The van der Waals surface area contributed by atoms with Crippen LogP contribution in [-0.4, -0.2) is 50.4 Å². The number of hydrogen-bond donors (Lipinski definition) is 0. The highest BCUT2D eigenvalue weighted by Gasteiger charge is 2.33. The van der Waals surface area contributed by atoms with E-state index >= 15 is 0 Å². The summed E-state index contributed by atoms with van der Waals surface area (Å²) in [6, 6.07) is 0. The highest BCUT2D eigenvalue weighted by molar-refractivity contribution is 5.61.